The number of rotatable bonds is 5. The van der Waals surface area contributed by atoms with Crippen molar-refractivity contribution in [3.05, 3.63) is 11.6 Å². The van der Waals surface area contributed by atoms with Gasteiger partial charge in [-0.15, -0.1) is 0 Å². The van der Waals surface area contributed by atoms with Crippen LogP contribution in [0, 0.1) is 45.3 Å². The van der Waals surface area contributed by atoms with Crippen molar-refractivity contribution in [3.8, 4) is 0 Å². The van der Waals surface area contributed by atoms with Gasteiger partial charge in [0.25, 0.3) is 0 Å². The van der Waals surface area contributed by atoms with Gasteiger partial charge in [-0.2, -0.15) is 0 Å². The molecule has 0 aromatic rings. The Morgan fingerprint density at radius 3 is 2.38 bits per heavy atom. The first kappa shape index (κ1) is 22.0. The van der Waals surface area contributed by atoms with Crippen LogP contribution >= 0.6 is 0 Å². The SMILES string of the molecule is CC(C)CCCCC1(C)CCC2C3(C)CC=C4CC(C)CCC4(C)C3CCC21C. The third-order valence-electron chi connectivity index (χ3n) is 11.5. The van der Waals surface area contributed by atoms with Gasteiger partial charge in [0.1, 0.15) is 0 Å². The first-order valence-electron chi connectivity index (χ1n) is 13.2. The van der Waals surface area contributed by atoms with Gasteiger partial charge in [0.15, 0.2) is 0 Å². The van der Waals surface area contributed by atoms with Crippen molar-refractivity contribution in [2.75, 3.05) is 0 Å². The molecule has 3 fully saturated rings. The average molecular weight is 399 g/mol. The molecule has 0 amide bonds. The molecule has 4 aliphatic rings. The van der Waals surface area contributed by atoms with E-state index in [1.165, 1.54) is 77.0 Å². The average Bonchev–Trinajstić information content (AvgIpc) is 2.92. The second-order valence-electron chi connectivity index (χ2n) is 13.5. The highest BCUT2D eigenvalue weighted by Gasteiger charge is 2.66. The summed E-state index contributed by atoms with van der Waals surface area (Å²) in [6, 6.07) is 0. The monoisotopic (exact) mass is 398 g/mol. The van der Waals surface area contributed by atoms with Gasteiger partial charge in [-0.05, 0) is 103 Å². The topological polar surface area (TPSA) is 0 Å². The number of unbranched alkanes of at least 4 members (excludes halogenated alkanes) is 1. The van der Waals surface area contributed by atoms with E-state index in [0.717, 1.165) is 23.7 Å². The number of hydrogen-bond donors (Lipinski definition) is 0. The quantitative estimate of drug-likeness (QED) is 0.320. The first-order valence-corrected chi connectivity index (χ1v) is 13.2. The van der Waals surface area contributed by atoms with Gasteiger partial charge in [-0.1, -0.05) is 79.4 Å². The van der Waals surface area contributed by atoms with Gasteiger partial charge >= 0.3 is 0 Å². The van der Waals surface area contributed by atoms with Gasteiger partial charge < -0.3 is 0 Å². The number of fused-ring (bicyclic) bond motifs is 5. The third kappa shape index (κ3) is 3.29. The normalized spacial score (nSPS) is 49.4. The minimum absolute atomic E-state index is 0.511. The van der Waals surface area contributed by atoms with E-state index in [9.17, 15) is 0 Å². The predicted molar refractivity (Wildman–Crippen MR) is 127 cm³/mol. The summed E-state index contributed by atoms with van der Waals surface area (Å²) in [4.78, 5) is 0. The Labute approximate surface area is 182 Å². The van der Waals surface area contributed by atoms with E-state index in [1.807, 2.05) is 5.57 Å². The van der Waals surface area contributed by atoms with Crippen LogP contribution in [-0.4, -0.2) is 0 Å². The first-order chi connectivity index (χ1) is 13.6. The van der Waals surface area contributed by atoms with Crippen LogP contribution in [0.15, 0.2) is 11.6 Å². The molecule has 0 bridgehead atoms. The second kappa shape index (κ2) is 7.41. The lowest BCUT2D eigenvalue weighted by atomic mass is 9.40. The molecule has 0 aliphatic heterocycles. The van der Waals surface area contributed by atoms with Crippen LogP contribution in [0.1, 0.15) is 126 Å². The van der Waals surface area contributed by atoms with Crippen molar-refractivity contribution in [3.63, 3.8) is 0 Å². The molecule has 7 unspecified atom stereocenters. The molecule has 0 saturated heterocycles. The van der Waals surface area contributed by atoms with Crippen molar-refractivity contribution < 1.29 is 0 Å². The van der Waals surface area contributed by atoms with Crippen LogP contribution in [0.3, 0.4) is 0 Å². The van der Waals surface area contributed by atoms with Crippen LogP contribution in [0.4, 0.5) is 0 Å². The van der Waals surface area contributed by atoms with E-state index in [-0.39, 0.29) is 0 Å². The largest absolute Gasteiger partial charge is 0.0842 e. The summed E-state index contributed by atoms with van der Waals surface area (Å²) in [6.45, 7) is 18.1. The van der Waals surface area contributed by atoms with Crippen molar-refractivity contribution in [2.24, 2.45) is 45.3 Å². The number of hydrogen-bond acceptors (Lipinski definition) is 0. The maximum atomic E-state index is 2.76. The molecule has 4 rings (SSSR count). The maximum absolute atomic E-state index is 2.76. The fraction of sp³-hybridized carbons (Fsp3) is 0.931. The van der Waals surface area contributed by atoms with E-state index in [4.69, 9.17) is 0 Å². The molecule has 3 saturated carbocycles. The second-order valence-corrected chi connectivity index (χ2v) is 13.5. The summed E-state index contributed by atoms with van der Waals surface area (Å²) >= 11 is 0. The lowest BCUT2D eigenvalue weighted by molar-refractivity contribution is -0.125. The van der Waals surface area contributed by atoms with Crippen LogP contribution in [0.25, 0.3) is 0 Å². The Kier molecular flexibility index (Phi) is 5.61. The van der Waals surface area contributed by atoms with E-state index < -0.39 is 0 Å². The Hall–Kier alpha value is -0.260. The smallest absolute Gasteiger partial charge is 0.00825 e. The van der Waals surface area contributed by atoms with Crippen molar-refractivity contribution in [1.29, 1.82) is 0 Å². The highest BCUT2D eigenvalue weighted by atomic mass is 14.7. The zero-order valence-electron chi connectivity index (χ0n) is 20.9. The summed E-state index contributed by atoms with van der Waals surface area (Å²) in [7, 11) is 0. The molecular weight excluding hydrogens is 348 g/mol. The van der Waals surface area contributed by atoms with Gasteiger partial charge in [0.05, 0.1) is 0 Å². The molecule has 0 radical (unpaired) electrons. The third-order valence-corrected chi connectivity index (χ3v) is 11.5. The lowest BCUT2D eigenvalue weighted by Crippen LogP contribution is -2.56. The highest BCUT2D eigenvalue weighted by molar-refractivity contribution is 5.28. The van der Waals surface area contributed by atoms with Gasteiger partial charge in [-0.25, -0.2) is 0 Å². The molecular formula is C29H50. The van der Waals surface area contributed by atoms with E-state index in [1.54, 1.807) is 0 Å². The summed E-state index contributed by atoms with van der Waals surface area (Å²) in [6.07, 6.45) is 20.2. The summed E-state index contributed by atoms with van der Waals surface area (Å²) in [5.74, 6) is 3.65. The Morgan fingerprint density at radius 2 is 1.66 bits per heavy atom. The fourth-order valence-electron chi connectivity index (χ4n) is 9.32. The fourth-order valence-corrected chi connectivity index (χ4v) is 9.32. The lowest BCUT2D eigenvalue weighted by Gasteiger charge is -2.64. The predicted octanol–water partition coefficient (Wildman–Crippen LogP) is 9.20. The molecule has 0 heterocycles. The Morgan fingerprint density at radius 1 is 0.931 bits per heavy atom. The maximum Gasteiger partial charge on any atom is -0.00825 e. The Balaban J connectivity index is 1.56. The molecule has 0 nitrogen and oxygen atoms in total. The highest BCUT2D eigenvalue weighted by Crippen LogP contribution is 2.74. The van der Waals surface area contributed by atoms with Crippen molar-refractivity contribution in [1.82, 2.24) is 0 Å². The molecule has 0 heteroatoms. The Bertz CT molecular complexity index is 642. The zero-order valence-corrected chi connectivity index (χ0v) is 20.9. The molecule has 4 aliphatic carbocycles. The standard InChI is InChI=1S/C29H50/c1-21(2)10-8-9-15-26(4)16-13-25-28(6)18-12-23-20-22(3)11-17-27(23,5)24(28)14-19-29(25,26)7/h12,21-22,24-25H,8-11,13-20H2,1-7H3. The van der Waals surface area contributed by atoms with E-state index >= 15 is 0 Å². The van der Waals surface area contributed by atoms with Crippen molar-refractivity contribution in [2.45, 2.75) is 126 Å². The van der Waals surface area contributed by atoms with Crippen molar-refractivity contribution >= 4 is 0 Å². The summed E-state index contributed by atoms with van der Waals surface area (Å²) in [5, 5.41) is 0. The zero-order chi connectivity index (χ0) is 21.1. The molecule has 0 aromatic heterocycles. The minimum Gasteiger partial charge on any atom is -0.0842 e. The van der Waals surface area contributed by atoms with E-state index in [0.29, 0.717) is 21.7 Å². The molecule has 0 spiro atoms. The molecule has 0 N–H and O–H groups in total. The molecule has 166 valence electrons. The molecule has 29 heavy (non-hydrogen) atoms. The van der Waals surface area contributed by atoms with Gasteiger partial charge in [0, 0.05) is 0 Å². The minimum atomic E-state index is 0.511. The molecule has 7 atom stereocenters. The van der Waals surface area contributed by atoms with Crippen LogP contribution in [-0.2, 0) is 0 Å². The van der Waals surface area contributed by atoms with Crippen LogP contribution in [0.2, 0.25) is 0 Å². The molecule has 0 aromatic carbocycles. The van der Waals surface area contributed by atoms with Gasteiger partial charge in [0.2, 0.25) is 0 Å². The summed E-state index contributed by atoms with van der Waals surface area (Å²) in [5.41, 5.74) is 4.06. The van der Waals surface area contributed by atoms with Crippen LogP contribution in [0.5, 0.6) is 0 Å². The van der Waals surface area contributed by atoms with E-state index in [2.05, 4.69) is 54.5 Å². The number of allylic oxidation sites excluding steroid dienone is 2. The van der Waals surface area contributed by atoms with Gasteiger partial charge in [-0.3, -0.25) is 0 Å². The van der Waals surface area contributed by atoms with Crippen LogP contribution < -0.4 is 0 Å². The summed E-state index contributed by atoms with van der Waals surface area (Å²) < 4.78 is 0.